The molecule has 0 unspecified atom stereocenters. The number of hydrogen-bond acceptors (Lipinski definition) is 4. The minimum Gasteiger partial charge on any atom is -0.374 e. The van der Waals surface area contributed by atoms with Crippen molar-refractivity contribution in [3.05, 3.63) is 35.9 Å². The van der Waals surface area contributed by atoms with E-state index >= 15 is 0 Å². The van der Waals surface area contributed by atoms with Gasteiger partial charge in [0.25, 0.3) is 0 Å². The highest BCUT2D eigenvalue weighted by atomic mass is 32.1. The summed E-state index contributed by atoms with van der Waals surface area (Å²) in [5.41, 5.74) is 1.13. The first kappa shape index (κ1) is 15.7. The summed E-state index contributed by atoms with van der Waals surface area (Å²) in [4.78, 5) is 0. The topological polar surface area (TPSA) is 27.7 Å². The van der Waals surface area contributed by atoms with Crippen LogP contribution in [0, 0.1) is 0 Å². The SMILES string of the molecule is CCO[Si](CCS)(OCC)OCc1ccccc1. The Labute approximate surface area is 116 Å². The standard InChI is InChI=1S/C13H22O3SSi/c1-3-14-18(11-10-17,15-4-2)16-12-13-8-6-5-7-9-13/h5-9,17H,3-4,10-12H2,1-2H3. The van der Waals surface area contributed by atoms with Gasteiger partial charge in [-0.2, -0.15) is 12.6 Å². The van der Waals surface area contributed by atoms with Crippen molar-refractivity contribution in [2.45, 2.75) is 26.5 Å². The van der Waals surface area contributed by atoms with Crippen LogP contribution in [0.2, 0.25) is 6.04 Å². The number of thiol groups is 1. The average Bonchev–Trinajstić information content (AvgIpc) is 2.39. The van der Waals surface area contributed by atoms with Gasteiger partial charge in [-0.3, -0.25) is 0 Å². The zero-order valence-corrected chi connectivity index (χ0v) is 13.0. The van der Waals surface area contributed by atoms with Gasteiger partial charge >= 0.3 is 8.80 Å². The fourth-order valence-corrected chi connectivity index (χ4v) is 4.73. The van der Waals surface area contributed by atoms with Gasteiger partial charge in [-0.25, -0.2) is 0 Å². The van der Waals surface area contributed by atoms with Crippen molar-refractivity contribution in [3.8, 4) is 0 Å². The zero-order chi connectivity index (χ0) is 13.3. The van der Waals surface area contributed by atoms with Gasteiger partial charge in [0.1, 0.15) is 0 Å². The van der Waals surface area contributed by atoms with E-state index in [2.05, 4.69) is 12.6 Å². The van der Waals surface area contributed by atoms with Crippen molar-refractivity contribution in [1.29, 1.82) is 0 Å². The van der Waals surface area contributed by atoms with E-state index < -0.39 is 8.80 Å². The molecule has 0 saturated heterocycles. The molecule has 0 saturated carbocycles. The van der Waals surface area contributed by atoms with Crippen LogP contribution in [0.25, 0.3) is 0 Å². The van der Waals surface area contributed by atoms with Crippen LogP contribution in [0.1, 0.15) is 19.4 Å². The Kier molecular flexibility index (Phi) is 7.61. The largest absolute Gasteiger partial charge is 0.502 e. The summed E-state index contributed by atoms with van der Waals surface area (Å²) < 4.78 is 17.5. The van der Waals surface area contributed by atoms with Gasteiger partial charge in [0, 0.05) is 19.3 Å². The molecule has 0 aliphatic heterocycles. The van der Waals surface area contributed by atoms with Crippen LogP contribution < -0.4 is 0 Å². The van der Waals surface area contributed by atoms with Gasteiger partial charge in [-0.05, 0) is 25.2 Å². The molecule has 0 fully saturated rings. The molecule has 1 aromatic carbocycles. The second-order valence-electron chi connectivity index (χ2n) is 3.80. The molecule has 3 nitrogen and oxygen atoms in total. The summed E-state index contributed by atoms with van der Waals surface area (Å²) in [5, 5.41) is 0. The molecular weight excluding hydrogens is 264 g/mol. The molecule has 0 atom stereocenters. The van der Waals surface area contributed by atoms with Crippen molar-refractivity contribution in [3.63, 3.8) is 0 Å². The quantitative estimate of drug-likeness (QED) is 0.558. The summed E-state index contributed by atoms with van der Waals surface area (Å²) in [5.74, 6) is 0.709. The van der Waals surface area contributed by atoms with E-state index in [1.54, 1.807) is 0 Å². The van der Waals surface area contributed by atoms with Crippen molar-refractivity contribution in [1.82, 2.24) is 0 Å². The fourth-order valence-electron chi connectivity index (χ4n) is 1.69. The van der Waals surface area contributed by atoms with Crippen LogP contribution in [0.4, 0.5) is 0 Å². The lowest BCUT2D eigenvalue weighted by atomic mass is 10.2. The Morgan fingerprint density at radius 2 is 1.61 bits per heavy atom. The van der Waals surface area contributed by atoms with Crippen LogP contribution in [0.5, 0.6) is 0 Å². The van der Waals surface area contributed by atoms with E-state index in [0.717, 1.165) is 11.6 Å². The lowest BCUT2D eigenvalue weighted by Gasteiger charge is -2.28. The average molecular weight is 286 g/mol. The summed E-state index contributed by atoms with van der Waals surface area (Å²) in [6.45, 7) is 5.67. The van der Waals surface area contributed by atoms with E-state index in [4.69, 9.17) is 13.3 Å². The Morgan fingerprint density at radius 1 is 1.00 bits per heavy atom. The summed E-state index contributed by atoms with van der Waals surface area (Å²) in [7, 11) is -2.55. The predicted octanol–water partition coefficient (Wildman–Crippen LogP) is 3.14. The molecule has 102 valence electrons. The van der Waals surface area contributed by atoms with Crippen LogP contribution in [-0.4, -0.2) is 27.8 Å². The fraction of sp³-hybridized carbons (Fsp3) is 0.538. The molecule has 0 aliphatic rings. The maximum atomic E-state index is 5.98. The summed E-state index contributed by atoms with van der Waals surface area (Å²) in [6.07, 6.45) is 0. The number of benzene rings is 1. The molecule has 0 aliphatic carbocycles. The lowest BCUT2D eigenvalue weighted by Crippen LogP contribution is -2.46. The van der Waals surface area contributed by atoms with Crippen LogP contribution >= 0.6 is 12.6 Å². The summed E-state index contributed by atoms with van der Waals surface area (Å²) >= 11 is 4.27. The Morgan fingerprint density at radius 3 is 2.11 bits per heavy atom. The van der Waals surface area contributed by atoms with Gasteiger partial charge in [0.15, 0.2) is 0 Å². The van der Waals surface area contributed by atoms with Crippen LogP contribution in [0.3, 0.4) is 0 Å². The van der Waals surface area contributed by atoms with Gasteiger partial charge < -0.3 is 13.3 Å². The third-order valence-electron chi connectivity index (χ3n) is 2.45. The molecule has 0 spiro atoms. The van der Waals surface area contributed by atoms with E-state index in [9.17, 15) is 0 Å². The molecule has 0 amide bonds. The normalized spacial score (nSPS) is 11.7. The molecule has 0 radical (unpaired) electrons. The third kappa shape index (κ3) is 5.12. The van der Waals surface area contributed by atoms with Crippen molar-refractivity contribution >= 4 is 21.4 Å². The molecule has 5 heteroatoms. The summed E-state index contributed by atoms with van der Waals surface area (Å²) in [6, 6.07) is 10.8. The van der Waals surface area contributed by atoms with Crippen molar-refractivity contribution in [2.75, 3.05) is 19.0 Å². The number of rotatable bonds is 9. The van der Waals surface area contributed by atoms with E-state index in [1.165, 1.54) is 0 Å². The maximum Gasteiger partial charge on any atom is 0.502 e. The van der Waals surface area contributed by atoms with Gasteiger partial charge in [0.05, 0.1) is 6.61 Å². The minimum atomic E-state index is -2.55. The Hall–Kier alpha value is -0.333. The van der Waals surface area contributed by atoms with Crippen molar-refractivity contribution in [2.24, 2.45) is 0 Å². The van der Waals surface area contributed by atoms with Crippen LogP contribution in [0.15, 0.2) is 30.3 Å². The Balaban J connectivity index is 2.64. The maximum absolute atomic E-state index is 5.98. The van der Waals surface area contributed by atoms with Gasteiger partial charge in [-0.1, -0.05) is 30.3 Å². The van der Waals surface area contributed by atoms with Gasteiger partial charge in [0.2, 0.25) is 0 Å². The van der Waals surface area contributed by atoms with Crippen molar-refractivity contribution < 1.29 is 13.3 Å². The molecule has 1 aromatic rings. The molecular formula is C13H22O3SSi. The lowest BCUT2D eigenvalue weighted by molar-refractivity contribution is 0.0627. The highest BCUT2D eigenvalue weighted by molar-refractivity contribution is 7.80. The molecule has 1 rings (SSSR count). The third-order valence-corrected chi connectivity index (χ3v) is 6.00. The first-order valence-corrected chi connectivity index (χ1v) is 8.89. The van der Waals surface area contributed by atoms with E-state index in [0.29, 0.717) is 25.6 Å². The van der Waals surface area contributed by atoms with Gasteiger partial charge in [-0.15, -0.1) is 0 Å². The molecule has 0 bridgehead atoms. The zero-order valence-electron chi connectivity index (χ0n) is 11.1. The smallest absolute Gasteiger partial charge is 0.374 e. The first-order valence-electron chi connectivity index (χ1n) is 6.33. The Bertz CT molecular complexity index is 304. The molecule has 0 heterocycles. The van der Waals surface area contributed by atoms with E-state index in [1.807, 2.05) is 44.2 Å². The highest BCUT2D eigenvalue weighted by Gasteiger charge is 2.39. The molecule has 0 aromatic heterocycles. The molecule has 18 heavy (non-hydrogen) atoms. The monoisotopic (exact) mass is 286 g/mol. The second kappa shape index (κ2) is 8.71. The second-order valence-corrected chi connectivity index (χ2v) is 6.98. The predicted molar refractivity (Wildman–Crippen MR) is 78.9 cm³/mol. The molecule has 0 N–H and O–H groups in total. The van der Waals surface area contributed by atoms with E-state index in [-0.39, 0.29) is 0 Å². The minimum absolute atomic E-state index is 0.529. The number of hydrogen-bond donors (Lipinski definition) is 1. The first-order chi connectivity index (χ1) is 8.76. The van der Waals surface area contributed by atoms with Crippen LogP contribution in [-0.2, 0) is 19.9 Å². The highest BCUT2D eigenvalue weighted by Crippen LogP contribution is 2.18.